The average molecular weight is 469 g/mol. The Morgan fingerprint density at radius 2 is 1.78 bits per heavy atom. The maximum atomic E-state index is 13.2. The van der Waals surface area contributed by atoms with Crippen LogP contribution in [-0.2, 0) is 16.6 Å². The molecule has 1 aliphatic rings. The molecule has 1 heterocycles. The van der Waals surface area contributed by atoms with Gasteiger partial charge in [-0.1, -0.05) is 49.4 Å². The Balaban J connectivity index is 1.58. The number of sulfonamides is 1. The van der Waals surface area contributed by atoms with E-state index < -0.39 is 10.0 Å². The van der Waals surface area contributed by atoms with E-state index in [4.69, 9.17) is 0 Å². The summed E-state index contributed by atoms with van der Waals surface area (Å²) in [6.07, 6.45) is 3.85. The summed E-state index contributed by atoms with van der Waals surface area (Å²) in [5.41, 5.74) is 1.37. The molecule has 1 N–H and O–H groups in total. The van der Waals surface area contributed by atoms with Crippen molar-refractivity contribution in [3.63, 3.8) is 0 Å². The number of amides is 1. The van der Waals surface area contributed by atoms with Gasteiger partial charge < -0.3 is 4.90 Å². The Bertz CT molecular complexity index is 1230. The van der Waals surface area contributed by atoms with E-state index in [9.17, 15) is 13.2 Å². The van der Waals surface area contributed by atoms with Gasteiger partial charge >= 0.3 is 0 Å². The Hall–Kier alpha value is -2.35. The quantitative estimate of drug-likeness (QED) is 0.522. The van der Waals surface area contributed by atoms with Gasteiger partial charge in [0.2, 0.25) is 10.0 Å². The molecular weight excluding hydrogens is 440 g/mol. The van der Waals surface area contributed by atoms with E-state index in [-0.39, 0.29) is 17.3 Å². The summed E-state index contributed by atoms with van der Waals surface area (Å²) < 4.78 is 28.9. The van der Waals surface area contributed by atoms with Crippen LogP contribution in [0.25, 0.3) is 10.8 Å². The van der Waals surface area contributed by atoms with Crippen molar-refractivity contribution in [2.45, 2.75) is 36.1 Å². The number of carbonyl (C=O) groups is 1. The third-order valence-electron chi connectivity index (χ3n) is 6.12. The van der Waals surface area contributed by atoms with Crippen LogP contribution in [0.1, 0.15) is 35.7 Å². The van der Waals surface area contributed by atoms with Gasteiger partial charge in [0.15, 0.2) is 0 Å². The molecule has 0 atom stereocenters. The van der Waals surface area contributed by atoms with E-state index in [0.717, 1.165) is 34.1 Å². The average Bonchev–Trinajstić information content (AvgIpc) is 2.82. The molecule has 1 aliphatic heterocycles. The maximum Gasteiger partial charge on any atom is 0.255 e. The fraction of sp³-hybridized carbons (Fsp3) is 0.320. The third-order valence-corrected chi connectivity index (χ3v) is 8.31. The maximum absolute atomic E-state index is 13.2. The van der Waals surface area contributed by atoms with Crippen LogP contribution in [0.5, 0.6) is 0 Å². The zero-order valence-corrected chi connectivity index (χ0v) is 20.0. The van der Waals surface area contributed by atoms with E-state index in [2.05, 4.69) is 11.6 Å². The molecule has 7 heteroatoms. The van der Waals surface area contributed by atoms with Crippen molar-refractivity contribution in [3.8, 4) is 0 Å². The van der Waals surface area contributed by atoms with Gasteiger partial charge in [0.25, 0.3) is 5.91 Å². The van der Waals surface area contributed by atoms with Crippen LogP contribution in [0.2, 0.25) is 0 Å². The number of hydrogen-bond acceptors (Lipinski definition) is 4. The van der Waals surface area contributed by atoms with Crippen molar-refractivity contribution >= 4 is 38.5 Å². The van der Waals surface area contributed by atoms with Crippen LogP contribution in [0, 0.1) is 5.92 Å². The molecule has 0 bridgehead atoms. The van der Waals surface area contributed by atoms with Gasteiger partial charge in [-0.3, -0.25) is 4.79 Å². The lowest BCUT2D eigenvalue weighted by atomic mass is 9.98. The summed E-state index contributed by atoms with van der Waals surface area (Å²) in [6, 6.07) is 18.6. The van der Waals surface area contributed by atoms with E-state index in [1.165, 1.54) is 17.8 Å². The highest BCUT2D eigenvalue weighted by Gasteiger charge is 2.25. The monoisotopic (exact) mass is 468 g/mol. The Morgan fingerprint density at radius 1 is 1.06 bits per heavy atom. The highest BCUT2D eigenvalue weighted by Crippen LogP contribution is 2.27. The van der Waals surface area contributed by atoms with Crippen LogP contribution in [0.15, 0.2) is 70.5 Å². The second kappa shape index (κ2) is 9.65. The summed E-state index contributed by atoms with van der Waals surface area (Å²) in [4.78, 5) is 15.9. The Kier molecular flexibility index (Phi) is 6.88. The smallest absolute Gasteiger partial charge is 0.255 e. The van der Waals surface area contributed by atoms with Gasteiger partial charge in [-0.25, -0.2) is 13.1 Å². The first-order valence-corrected chi connectivity index (χ1v) is 13.5. The third kappa shape index (κ3) is 4.85. The highest BCUT2D eigenvalue weighted by molar-refractivity contribution is 7.98. The van der Waals surface area contributed by atoms with E-state index in [0.29, 0.717) is 24.6 Å². The molecule has 5 nitrogen and oxygen atoms in total. The van der Waals surface area contributed by atoms with Gasteiger partial charge in [0.05, 0.1) is 10.5 Å². The number of fused-ring (bicyclic) bond motifs is 1. The standard InChI is InChI=1S/C25H28N2O3S2/c1-18-12-14-27(15-13-18)25(28)23-16-21(10-11-24(23)31-2)32(29,30)26-17-20-8-5-7-19-6-3-4-9-22(19)20/h3-11,16,18,26H,12-15,17H2,1-2H3. The molecule has 3 aromatic rings. The number of carbonyl (C=O) groups excluding carboxylic acids is 1. The van der Waals surface area contributed by atoms with Crippen LogP contribution in [-0.4, -0.2) is 38.6 Å². The molecule has 0 aliphatic carbocycles. The van der Waals surface area contributed by atoms with E-state index >= 15 is 0 Å². The number of thioether (sulfide) groups is 1. The van der Waals surface area contributed by atoms with Crippen molar-refractivity contribution in [1.82, 2.24) is 9.62 Å². The predicted molar refractivity (Wildman–Crippen MR) is 130 cm³/mol. The van der Waals surface area contributed by atoms with Gasteiger partial charge in [-0.05, 0) is 59.6 Å². The molecule has 3 aromatic carbocycles. The van der Waals surface area contributed by atoms with Crippen LogP contribution in [0.3, 0.4) is 0 Å². The molecule has 168 valence electrons. The molecule has 1 fully saturated rings. The summed E-state index contributed by atoms with van der Waals surface area (Å²) in [6.45, 7) is 3.81. The molecule has 0 aromatic heterocycles. The zero-order valence-electron chi connectivity index (χ0n) is 18.4. The first kappa shape index (κ1) is 22.8. The number of nitrogens with zero attached hydrogens (tertiary/aromatic N) is 1. The molecule has 0 unspecified atom stereocenters. The van der Waals surface area contributed by atoms with Crippen molar-refractivity contribution in [1.29, 1.82) is 0 Å². The summed E-state index contributed by atoms with van der Waals surface area (Å²) >= 11 is 1.46. The first-order valence-electron chi connectivity index (χ1n) is 10.8. The second-order valence-corrected chi connectivity index (χ2v) is 10.9. The van der Waals surface area contributed by atoms with Crippen LogP contribution >= 0.6 is 11.8 Å². The number of benzene rings is 3. The van der Waals surface area contributed by atoms with Crippen LogP contribution < -0.4 is 4.72 Å². The molecule has 0 spiro atoms. The van der Waals surface area contributed by atoms with Crippen molar-refractivity contribution in [3.05, 3.63) is 71.8 Å². The molecule has 1 amide bonds. The van der Waals surface area contributed by atoms with Gasteiger partial charge in [-0.15, -0.1) is 11.8 Å². The normalized spacial score (nSPS) is 15.2. The Morgan fingerprint density at radius 3 is 2.53 bits per heavy atom. The van der Waals surface area contributed by atoms with Gasteiger partial charge in [0, 0.05) is 24.5 Å². The van der Waals surface area contributed by atoms with Gasteiger partial charge in [0.1, 0.15) is 0 Å². The lowest BCUT2D eigenvalue weighted by Crippen LogP contribution is -2.38. The van der Waals surface area contributed by atoms with Crippen LogP contribution in [0.4, 0.5) is 0 Å². The zero-order chi connectivity index (χ0) is 22.7. The number of hydrogen-bond donors (Lipinski definition) is 1. The van der Waals surface area contributed by atoms with E-state index in [1.807, 2.05) is 53.6 Å². The van der Waals surface area contributed by atoms with Crippen molar-refractivity contribution in [2.75, 3.05) is 19.3 Å². The fourth-order valence-electron chi connectivity index (χ4n) is 4.11. The minimum absolute atomic E-state index is 0.0904. The van der Waals surface area contributed by atoms with Crippen molar-refractivity contribution < 1.29 is 13.2 Å². The SMILES string of the molecule is CSc1ccc(S(=O)(=O)NCc2cccc3ccccc23)cc1C(=O)N1CCC(C)CC1. The predicted octanol–water partition coefficient (Wildman–Crippen LogP) is 4.91. The summed E-state index contributed by atoms with van der Waals surface area (Å²) in [5.74, 6) is 0.524. The molecule has 0 saturated carbocycles. The minimum atomic E-state index is -3.78. The number of nitrogens with one attached hydrogen (secondary N) is 1. The highest BCUT2D eigenvalue weighted by atomic mass is 32.2. The fourth-order valence-corrected chi connectivity index (χ4v) is 5.71. The number of piperidine rings is 1. The molecule has 32 heavy (non-hydrogen) atoms. The molecule has 4 rings (SSSR count). The Labute approximate surface area is 194 Å². The molecule has 0 radical (unpaired) electrons. The molecular formula is C25H28N2O3S2. The van der Waals surface area contributed by atoms with E-state index in [1.54, 1.807) is 12.1 Å². The lowest BCUT2D eigenvalue weighted by molar-refractivity contribution is 0.0693. The number of likely N-dealkylation sites (tertiary alicyclic amines) is 1. The topological polar surface area (TPSA) is 66.5 Å². The lowest BCUT2D eigenvalue weighted by Gasteiger charge is -2.30. The minimum Gasteiger partial charge on any atom is -0.339 e. The second-order valence-electron chi connectivity index (χ2n) is 8.30. The summed E-state index contributed by atoms with van der Waals surface area (Å²) in [7, 11) is -3.78. The number of rotatable bonds is 6. The van der Waals surface area contributed by atoms with Gasteiger partial charge in [-0.2, -0.15) is 0 Å². The molecule has 1 saturated heterocycles. The first-order chi connectivity index (χ1) is 15.4. The van der Waals surface area contributed by atoms with Crippen molar-refractivity contribution in [2.24, 2.45) is 5.92 Å². The summed E-state index contributed by atoms with van der Waals surface area (Å²) in [5, 5.41) is 2.09. The largest absolute Gasteiger partial charge is 0.339 e.